The summed E-state index contributed by atoms with van der Waals surface area (Å²) in [6.45, 7) is 0.319. The Bertz CT molecular complexity index is 648. The maximum Gasteiger partial charge on any atom is 0.255 e. The number of benzene rings is 2. The van der Waals surface area contributed by atoms with E-state index in [1.807, 2.05) is 0 Å². The number of nitrogens with zero attached hydrogens (tertiary/aromatic N) is 1. The van der Waals surface area contributed by atoms with Crippen molar-refractivity contribution in [1.29, 1.82) is 0 Å². The van der Waals surface area contributed by atoms with Gasteiger partial charge in [-0.1, -0.05) is 39.7 Å². The topological polar surface area (TPSA) is 20.3 Å². The summed E-state index contributed by atoms with van der Waals surface area (Å²) in [6.07, 6.45) is 0. The molecule has 0 bridgehead atoms. The molecule has 0 heterocycles. The highest BCUT2D eigenvalue weighted by molar-refractivity contribution is 9.10. The van der Waals surface area contributed by atoms with Gasteiger partial charge in [-0.05, 0) is 35.9 Å². The zero-order chi connectivity index (χ0) is 14.7. The van der Waals surface area contributed by atoms with Crippen LogP contribution in [0, 0.1) is 5.82 Å². The second kappa shape index (κ2) is 6.37. The lowest BCUT2D eigenvalue weighted by Crippen LogP contribution is -2.26. The fourth-order valence-electron chi connectivity index (χ4n) is 1.85. The molecule has 0 unspecified atom stereocenters. The van der Waals surface area contributed by atoms with E-state index in [1.165, 1.54) is 17.0 Å². The minimum atomic E-state index is -0.316. The molecular formula is C15H12BrClFNO. The van der Waals surface area contributed by atoms with Gasteiger partial charge in [0.25, 0.3) is 5.91 Å². The zero-order valence-electron chi connectivity index (χ0n) is 10.7. The molecule has 1 amide bonds. The third-order valence-corrected chi connectivity index (χ3v) is 3.64. The lowest BCUT2D eigenvalue weighted by atomic mass is 10.1. The summed E-state index contributed by atoms with van der Waals surface area (Å²) in [5.41, 5.74) is 1.15. The summed E-state index contributed by atoms with van der Waals surface area (Å²) in [7, 11) is 1.66. The van der Waals surface area contributed by atoms with Crippen molar-refractivity contribution in [2.24, 2.45) is 0 Å². The van der Waals surface area contributed by atoms with E-state index < -0.39 is 0 Å². The lowest BCUT2D eigenvalue weighted by Gasteiger charge is -2.18. The van der Waals surface area contributed by atoms with E-state index in [9.17, 15) is 9.18 Å². The summed E-state index contributed by atoms with van der Waals surface area (Å²) >= 11 is 9.35. The fourth-order valence-corrected chi connectivity index (χ4v) is 2.41. The van der Waals surface area contributed by atoms with E-state index >= 15 is 0 Å². The molecule has 0 N–H and O–H groups in total. The van der Waals surface area contributed by atoms with E-state index in [2.05, 4.69) is 15.9 Å². The van der Waals surface area contributed by atoms with Crippen molar-refractivity contribution >= 4 is 33.4 Å². The van der Waals surface area contributed by atoms with Gasteiger partial charge in [-0.2, -0.15) is 0 Å². The number of carbonyl (C=O) groups is 1. The van der Waals surface area contributed by atoms with Gasteiger partial charge >= 0.3 is 0 Å². The van der Waals surface area contributed by atoms with Crippen LogP contribution in [0.25, 0.3) is 0 Å². The van der Waals surface area contributed by atoms with Gasteiger partial charge < -0.3 is 4.90 Å². The maximum atomic E-state index is 13.1. The Hall–Kier alpha value is -1.39. The van der Waals surface area contributed by atoms with E-state index in [0.717, 1.165) is 10.0 Å². The molecule has 2 aromatic rings. The van der Waals surface area contributed by atoms with Crippen LogP contribution in [0.4, 0.5) is 4.39 Å². The van der Waals surface area contributed by atoms with Gasteiger partial charge in [-0.3, -0.25) is 4.79 Å². The van der Waals surface area contributed by atoms with Crippen molar-refractivity contribution in [2.45, 2.75) is 6.54 Å². The van der Waals surface area contributed by atoms with Crippen LogP contribution in [-0.2, 0) is 6.54 Å². The molecule has 0 saturated heterocycles. The van der Waals surface area contributed by atoms with Crippen molar-refractivity contribution in [3.8, 4) is 0 Å². The van der Waals surface area contributed by atoms with Gasteiger partial charge in [0.15, 0.2) is 0 Å². The molecule has 0 radical (unpaired) electrons. The first-order valence-corrected chi connectivity index (χ1v) is 7.09. The largest absolute Gasteiger partial charge is 0.337 e. The minimum Gasteiger partial charge on any atom is -0.337 e. The monoisotopic (exact) mass is 355 g/mol. The standard InChI is InChI=1S/C15H12BrClFNO/c1-19(9-10-3-2-4-12(18)7-10)15(20)13-8-11(16)5-6-14(13)17/h2-8H,9H2,1H3. The average molecular weight is 357 g/mol. The van der Waals surface area contributed by atoms with Gasteiger partial charge in [0.05, 0.1) is 10.6 Å². The van der Waals surface area contributed by atoms with E-state index in [0.29, 0.717) is 17.1 Å². The molecule has 2 aromatic carbocycles. The molecule has 20 heavy (non-hydrogen) atoms. The Morgan fingerprint density at radius 1 is 1.30 bits per heavy atom. The number of halogens is 3. The molecule has 0 fully saturated rings. The molecule has 0 aliphatic rings. The molecule has 0 aliphatic heterocycles. The SMILES string of the molecule is CN(Cc1cccc(F)c1)C(=O)c1cc(Br)ccc1Cl. The first-order chi connectivity index (χ1) is 9.47. The van der Waals surface area contributed by atoms with Crippen molar-refractivity contribution < 1.29 is 9.18 Å². The maximum absolute atomic E-state index is 13.1. The van der Waals surface area contributed by atoms with Crippen LogP contribution in [0.3, 0.4) is 0 Å². The second-order valence-electron chi connectivity index (χ2n) is 4.42. The van der Waals surface area contributed by atoms with Gasteiger partial charge in [-0.25, -0.2) is 4.39 Å². The highest BCUT2D eigenvalue weighted by Gasteiger charge is 2.16. The third-order valence-electron chi connectivity index (χ3n) is 2.81. The normalized spacial score (nSPS) is 10.4. The molecule has 0 aromatic heterocycles. The summed E-state index contributed by atoms with van der Waals surface area (Å²) < 4.78 is 13.9. The summed E-state index contributed by atoms with van der Waals surface area (Å²) in [5, 5.41) is 0.393. The second-order valence-corrected chi connectivity index (χ2v) is 5.74. The van der Waals surface area contributed by atoms with E-state index in [4.69, 9.17) is 11.6 Å². The Kier molecular flexibility index (Phi) is 4.78. The predicted molar refractivity (Wildman–Crippen MR) is 81.3 cm³/mol. The molecule has 104 valence electrons. The van der Waals surface area contributed by atoms with Gasteiger partial charge in [0.2, 0.25) is 0 Å². The Balaban J connectivity index is 2.18. The van der Waals surface area contributed by atoms with Crippen LogP contribution in [0.5, 0.6) is 0 Å². The van der Waals surface area contributed by atoms with Crippen LogP contribution in [0.15, 0.2) is 46.9 Å². The Morgan fingerprint density at radius 3 is 2.75 bits per heavy atom. The zero-order valence-corrected chi connectivity index (χ0v) is 13.1. The van der Waals surface area contributed by atoms with E-state index in [-0.39, 0.29) is 11.7 Å². The van der Waals surface area contributed by atoms with Crippen LogP contribution < -0.4 is 0 Å². The fraction of sp³-hybridized carbons (Fsp3) is 0.133. The highest BCUT2D eigenvalue weighted by atomic mass is 79.9. The number of amides is 1. The Morgan fingerprint density at radius 2 is 2.05 bits per heavy atom. The average Bonchev–Trinajstić information content (AvgIpc) is 2.40. The van der Waals surface area contributed by atoms with Crippen molar-refractivity contribution in [2.75, 3.05) is 7.05 Å². The summed E-state index contributed by atoms with van der Waals surface area (Å²) in [6, 6.07) is 11.3. The minimum absolute atomic E-state index is 0.208. The smallest absolute Gasteiger partial charge is 0.255 e. The third kappa shape index (κ3) is 3.58. The molecule has 0 spiro atoms. The van der Waals surface area contributed by atoms with Crippen molar-refractivity contribution in [3.63, 3.8) is 0 Å². The number of carbonyl (C=O) groups excluding carboxylic acids is 1. The highest BCUT2D eigenvalue weighted by Crippen LogP contribution is 2.22. The van der Waals surface area contributed by atoms with Crippen molar-refractivity contribution in [1.82, 2.24) is 4.90 Å². The molecule has 0 aliphatic carbocycles. The lowest BCUT2D eigenvalue weighted by molar-refractivity contribution is 0.0785. The summed E-state index contributed by atoms with van der Waals surface area (Å²) in [5.74, 6) is -0.524. The molecule has 2 rings (SSSR count). The van der Waals surface area contributed by atoms with Gasteiger partial charge in [-0.15, -0.1) is 0 Å². The first kappa shape index (κ1) is 15.0. The van der Waals surface area contributed by atoms with Crippen LogP contribution in [0.1, 0.15) is 15.9 Å². The van der Waals surface area contributed by atoms with Crippen molar-refractivity contribution in [3.05, 3.63) is 68.9 Å². The van der Waals surface area contributed by atoms with Crippen LogP contribution in [0.2, 0.25) is 5.02 Å². The molecule has 0 saturated carbocycles. The predicted octanol–water partition coefficient (Wildman–Crippen LogP) is 4.51. The quantitative estimate of drug-likeness (QED) is 0.792. The Labute approximate surface area is 130 Å². The van der Waals surface area contributed by atoms with Crippen LogP contribution in [-0.4, -0.2) is 17.9 Å². The first-order valence-electron chi connectivity index (χ1n) is 5.92. The molecular weight excluding hydrogens is 345 g/mol. The van der Waals surface area contributed by atoms with Gasteiger partial charge in [0.1, 0.15) is 5.82 Å². The molecule has 5 heteroatoms. The van der Waals surface area contributed by atoms with Crippen LogP contribution >= 0.6 is 27.5 Å². The molecule has 2 nitrogen and oxygen atoms in total. The molecule has 0 atom stereocenters. The number of rotatable bonds is 3. The van der Waals surface area contributed by atoms with E-state index in [1.54, 1.807) is 37.4 Å². The van der Waals surface area contributed by atoms with Gasteiger partial charge in [0, 0.05) is 18.1 Å². The summed E-state index contributed by atoms with van der Waals surface area (Å²) in [4.78, 5) is 13.8. The number of hydrogen-bond acceptors (Lipinski definition) is 1. The number of hydrogen-bond donors (Lipinski definition) is 0.